The van der Waals surface area contributed by atoms with Crippen LogP contribution in [0.25, 0.3) is 0 Å². The fraction of sp³-hybridized carbons (Fsp3) is 1.00. The van der Waals surface area contributed by atoms with Gasteiger partial charge in [-0.3, -0.25) is 0 Å². The number of piperidine rings is 1. The van der Waals surface area contributed by atoms with E-state index in [9.17, 15) is 8.42 Å². The Labute approximate surface area is 105 Å². The van der Waals surface area contributed by atoms with Crippen LogP contribution in [0.4, 0.5) is 0 Å². The van der Waals surface area contributed by atoms with Crippen LogP contribution in [0.15, 0.2) is 0 Å². The molecule has 1 rings (SSSR count). The third-order valence-corrected chi connectivity index (χ3v) is 4.93. The first-order valence-corrected chi connectivity index (χ1v) is 7.78. The number of hydrogen-bond acceptors (Lipinski definition) is 3. The van der Waals surface area contributed by atoms with Gasteiger partial charge in [-0.25, -0.2) is 0 Å². The average Bonchev–Trinajstić information content (AvgIpc) is 2.25. The van der Waals surface area contributed by atoms with Gasteiger partial charge in [0, 0.05) is 25.7 Å². The van der Waals surface area contributed by atoms with E-state index in [0.717, 1.165) is 12.8 Å². The zero-order valence-corrected chi connectivity index (χ0v) is 11.8. The lowest BCUT2D eigenvalue weighted by atomic mass is 10.0. The van der Waals surface area contributed by atoms with E-state index in [4.69, 9.17) is 5.73 Å². The lowest BCUT2D eigenvalue weighted by Gasteiger charge is -2.32. The Hall–Kier alpha value is -0.170. The molecule has 1 heterocycles. The molecule has 1 fully saturated rings. The van der Waals surface area contributed by atoms with Crippen molar-refractivity contribution >= 4 is 10.2 Å². The Morgan fingerprint density at radius 2 is 2.12 bits per heavy atom. The highest BCUT2D eigenvalue weighted by atomic mass is 32.2. The molecule has 0 aromatic carbocycles. The Balaban J connectivity index is 2.67. The minimum absolute atomic E-state index is 0.183. The number of hydrogen-bond donors (Lipinski definition) is 2. The Kier molecular flexibility index (Phi) is 5.37. The minimum atomic E-state index is -3.37. The van der Waals surface area contributed by atoms with Crippen molar-refractivity contribution in [2.45, 2.75) is 39.7 Å². The summed E-state index contributed by atoms with van der Waals surface area (Å²) in [5.41, 5.74) is 5.59. The maximum Gasteiger partial charge on any atom is 0.279 e. The van der Waals surface area contributed by atoms with Gasteiger partial charge in [0.05, 0.1) is 0 Å². The first-order valence-electron chi connectivity index (χ1n) is 6.34. The molecule has 102 valence electrons. The summed E-state index contributed by atoms with van der Waals surface area (Å²) in [6.07, 6.45) is 2.05. The third kappa shape index (κ3) is 4.21. The molecule has 0 bridgehead atoms. The van der Waals surface area contributed by atoms with Gasteiger partial charge in [-0.2, -0.15) is 17.4 Å². The van der Waals surface area contributed by atoms with E-state index >= 15 is 0 Å². The Morgan fingerprint density at radius 1 is 1.47 bits per heavy atom. The minimum Gasteiger partial charge on any atom is -0.329 e. The second-order valence-electron chi connectivity index (χ2n) is 5.31. The molecule has 0 aromatic heterocycles. The van der Waals surface area contributed by atoms with Gasteiger partial charge in [0.1, 0.15) is 0 Å². The fourth-order valence-corrected chi connectivity index (χ4v) is 3.81. The molecule has 0 aliphatic carbocycles. The van der Waals surface area contributed by atoms with Crippen molar-refractivity contribution < 1.29 is 8.42 Å². The Bertz CT molecular complexity index is 330. The molecule has 1 aliphatic rings. The predicted molar refractivity (Wildman–Crippen MR) is 69.7 cm³/mol. The quantitative estimate of drug-likeness (QED) is 0.760. The standard InChI is InChI=1S/C11H25N3O2S/c1-9(2)11(7-12)13-17(15,16)14-6-4-5-10(3)8-14/h9-11,13H,4-8,12H2,1-3H3. The van der Waals surface area contributed by atoms with Crippen molar-refractivity contribution in [1.29, 1.82) is 0 Å². The van der Waals surface area contributed by atoms with Gasteiger partial charge in [0.15, 0.2) is 0 Å². The maximum atomic E-state index is 12.2. The SMILES string of the molecule is CC1CCCN(S(=O)(=O)NC(CN)C(C)C)C1. The molecule has 17 heavy (non-hydrogen) atoms. The van der Waals surface area contributed by atoms with Gasteiger partial charge in [-0.1, -0.05) is 20.8 Å². The summed E-state index contributed by atoms with van der Waals surface area (Å²) < 4.78 is 28.6. The number of rotatable bonds is 5. The molecule has 0 spiro atoms. The van der Waals surface area contributed by atoms with Crippen LogP contribution in [0.2, 0.25) is 0 Å². The molecule has 2 atom stereocenters. The molecule has 0 aromatic rings. The summed E-state index contributed by atoms with van der Waals surface area (Å²) in [4.78, 5) is 0. The topological polar surface area (TPSA) is 75.4 Å². The maximum absolute atomic E-state index is 12.2. The third-order valence-electron chi connectivity index (χ3n) is 3.32. The highest BCUT2D eigenvalue weighted by Crippen LogP contribution is 2.18. The summed E-state index contributed by atoms with van der Waals surface area (Å²) in [5, 5.41) is 0. The van der Waals surface area contributed by atoms with E-state index in [1.807, 2.05) is 13.8 Å². The monoisotopic (exact) mass is 263 g/mol. The van der Waals surface area contributed by atoms with Gasteiger partial charge in [0.2, 0.25) is 0 Å². The van der Waals surface area contributed by atoms with Crippen molar-refractivity contribution in [2.24, 2.45) is 17.6 Å². The molecule has 0 saturated carbocycles. The number of nitrogens with two attached hydrogens (primary N) is 1. The summed E-state index contributed by atoms with van der Waals surface area (Å²) in [6, 6.07) is -0.183. The normalized spacial score (nSPS) is 25.1. The predicted octanol–water partition coefficient (Wildman–Crippen LogP) is 0.536. The van der Waals surface area contributed by atoms with Gasteiger partial charge < -0.3 is 5.73 Å². The average molecular weight is 263 g/mol. The molecule has 3 N–H and O–H groups in total. The summed E-state index contributed by atoms with van der Waals surface area (Å²) in [5.74, 6) is 0.646. The van der Waals surface area contributed by atoms with E-state index in [0.29, 0.717) is 25.6 Å². The van der Waals surface area contributed by atoms with E-state index < -0.39 is 10.2 Å². The highest BCUT2D eigenvalue weighted by molar-refractivity contribution is 7.87. The number of nitrogens with one attached hydrogen (secondary N) is 1. The van der Waals surface area contributed by atoms with E-state index in [1.165, 1.54) is 0 Å². The van der Waals surface area contributed by atoms with Crippen LogP contribution in [0.1, 0.15) is 33.6 Å². The molecule has 6 heteroatoms. The zero-order valence-electron chi connectivity index (χ0n) is 11.0. The molecule has 1 aliphatic heterocycles. The van der Waals surface area contributed by atoms with Crippen molar-refractivity contribution in [3.05, 3.63) is 0 Å². The lowest BCUT2D eigenvalue weighted by molar-refractivity contribution is 0.274. The summed E-state index contributed by atoms with van der Waals surface area (Å²) in [7, 11) is -3.37. The molecule has 0 amide bonds. The Morgan fingerprint density at radius 3 is 2.59 bits per heavy atom. The smallest absolute Gasteiger partial charge is 0.279 e. The van der Waals surface area contributed by atoms with Gasteiger partial charge in [-0.15, -0.1) is 0 Å². The molecule has 0 radical (unpaired) electrons. The van der Waals surface area contributed by atoms with Crippen molar-refractivity contribution in [1.82, 2.24) is 9.03 Å². The largest absolute Gasteiger partial charge is 0.329 e. The highest BCUT2D eigenvalue weighted by Gasteiger charge is 2.29. The zero-order chi connectivity index (χ0) is 13.1. The van der Waals surface area contributed by atoms with E-state index in [1.54, 1.807) is 4.31 Å². The summed E-state index contributed by atoms with van der Waals surface area (Å²) in [6.45, 7) is 7.60. The van der Waals surface area contributed by atoms with Crippen LogP contribution in [0, 0.1) is 11.8 Å². The second-order valence-corrected chi connectivity index (χ2v) is 7.02. The fourth-order valence-electron chi connectivity index (χ4n) is 2.09. The molecule has 2 unspecified atom stereocenters. The second kappa shape index (κ2) is 6.13. The van der Waals surface area contributed by atoms with Gasteiger partial charge >= 0.3 is 0 Å². The molecule has 1 saturated heterocycles. The van der Waals surface area contributed by atoms with Crippen LogP contribution in [0.5, 0.6) is 0 Å². The van der Waals surface area contributed by atoms with Gasteiger partial charge in [-0.05, 0) is 24.7 Å². The lowest BCUT2D eigenvalue weighted by Crippen LogP contribution is -2.52. The number of nitrogens with zero attached hydrogens (tertiary/aromatic N) is 1. The molecular formula is C11H25N3O2S. The van der Waals surface area contributed by atoms with Crippen LogP contribution >= 0.6 is 0 Å². The summed E-state index contributed by atoms with van der Waals surface area (Å²) >= 11 is 0. The first-order chi connectivity index (χ1) is 7.86. The van der Waals surface area contributed by atoms with Crippen molar-refractivity contribution in [3.63, 3.8) is 0 Å². The molecular weight excluding hydrogens is 238 g/mol. The van der Waals surface area contributed by atoms with Crippen LogP contribution in [0.3, 0.4) is 0 Å². The van der Waals surface area contributed by atoms with Gasteiger partial charge in [0.25, 0.3) is 10.2 Å². The van der Waals surface area contributed by atoms with Crippen molar-refractivity contribution in [3.8, 4) is 0 Å². The first kappa shape index (κ1) is 14.9. The van der Waals surface area contributed by atoms with Crippen LogP contribution < -0.4 is 10.5 Å². The van der Waals surface area contributed by atoms with Crippen LogP contribution in [-0.2, 0) is 10.2 Å². The van der Waals surface area contributed by atoms with E-state index in [-0.39, 0.29) is 12.0 Å². The van der Waals surface area contributed by atoms with Crippen molar-refractivity contribution in [2.75, 3.05) is 19.6 Å². The van der Waals surface area contributed by atoms with E-state index in [2.05, 4.69) is 11.6 Å². The van der Waals surface area contributed by atoms with Crippen LogP contribution in [-0.4, -0.2) is 38.4 Å². The molecule has 5 nitrogen and oxygen atoms in total.